The van der Waals surface area contributed by atoms with Crippen molar-refractivity contribution in [1.29, 1.82) is 0 Å². The Kier molecular flexibility index (Phi) is 6.02. The molecule has 0 saturated carbocycles. The summed E-state index contributed by atoms with van der Waals surface area (Å²) in [6.07, 6.45) is 1.99. The first-order valence-electron chi connectivity index (χ1n) is 7.00. The van der Waals surface area contributed by atoms with Crippen molar-refractivity contribution < 1.29 is 9.32 Å². The lowest BCUT2D eigenvalue weighted by molar-refractivity contribution is 0.0532. The fourth-order valence-electron chi connectivity index (χ4n) is 2.55. The van der Waals surface area contributed by atoms with Gasteiger partial charge < -0.3 is 15.2 Å². The van der Waals surface area contributed by atoms with Crippen molar-refractivity contribution >= 4 is 18.3 Å². The molecule has 1 saturated heterocycles. The molecule has 2 heterocycles. The lowest BCUT2D eigenvalue weighted by atomic mass is 9.92. The first-order valence-corrected chi connectivity index (χ1v) is 7.00. The maximum absolute atomic E-state index is 12.4. The summed E-state index contributed by atoms with van der Waals surface area (Å²) in [6.45, 7) is 7.51. The number of piperidine rings is 1. The van der Waals surface area contributed by atoms with Crippen molar-refractivity contribution in [3.63, 3.8) is 0 Å². The molecule has 5 nitrogen and oxygen atoms in total. The Morgan fingerprint density at radius 3 is 2.85 bits per heavy atom. The van der Waals surface area contributed by atoms with Crippen LogP contribution in [0.25, 0.3) is 0 Å². The highest BCUT2D eigenvalue weighted by atomic mass is 35.5. The monoisotopic (exact) mass is 301 g/mol. The van der Waals surface area contributed by atoms with Crippen LogP contribution < -0.4 is 5.73 Å². The van der Waals surface area contributed by atoms with Gasteiger partial charge in [0.1, 0.15) is 0 Å². The SMILES string of the molecule is CC1CCN(C(=O)c2cc(C(C)C)no2)C(CN)C1.Cl. The van der Waals surface area contributed by atoms with Gasteiger partial charge in [-0.25, -0.2) is 0 Å². The summed E-state index contributed by atoms with van der Waals surface area (Å²) >= 11 is 0. The number of aromatic nitrogens is 1. The van der Waals surface area contributed by atoms with Crippen LogP contribution in [0.15, 0.2) is 10.6 Å². The number of hydrogen-bond donors (Lipinski definition) is 1. The van der Waals surface area contributed by atoms with Crippen LogP contribution in [0.5, 0.6) is 0 Å². The first kappa shape index (κ1) is 17.0. The van der Waals surface area contributed by atoms with Crippen molar-refractivity contribution in [1.82, 2.24) is 10.1 Å². The molecule has 1 aromatic heterocycles. The molecule has 1 aliphatic rings. The van der Waals surface area contributed by atoms with Crippen LogP contribution in [-0.4, -0.2) is 35.1 Å². The highest BCUT2D eigenvalue weighted by Crippen LogP contribution is 2.24. The predicted molar refractivity (Wildman–Crippen MR) is 80.1 cm³/mol. The third-order valence-electron chi connectivity index (χ3n) is 3.84. The van der Waals surface area contributed by atoms with Gasteiger partial charge >= 0.3 is 0 Å². The minimum atomic E-state index is -0.0817. The average Bonchev–Trinajstić information content (AvgIpc) is 2.87. The molecule has 1 fully saturated rings. The standard InChI is InChI=1S/C14H23N3O2.ClH/c1-9(2)12-7-13(19-16-12)14(18)17-5-4-10(3)6-11(17)8-15;/h7,9-11H,4-6,8,15H2,1-3H3;1H. The van der Waals surface area contributed by atoms with E-state index in [0.717, 1.165) is 25.1 Å². The summed E-state index contributed by atoms with van der Waals surface area (Å²) in [5.41, 5.74) is 6.60. The van der Waals surface area contributed by atoms with E-state index in [1.165, 1.54) is 0 Å². The second-order valence-electron chi connectivity index (χ2n) is 5.79. The highest BCUT2D eigenvalue weighted by Gasteiger charge is 2.31. The van der Waals surface area contributed by atoms with Crippen molar-refractivity contribution in [2.24, 2.45) is 11.7 Å². The summed E-state index contributed by atoms with van der Waals surface area (Å²) in [4.78, 5) is 14.3. The van der Waals surface area contributed by atoms with Gasteiger partial charge in [0.05, 0.1) is 5.69 Å². The Morgan fingerprint density at radius 2 is 2.30 bits per heavy atom. The molecule has 2 N–H and O–H groups in total. The molecule has 2 rings (SSSR count). The van der Waals surface area contributed by atoms with Crippen LogP contribution in [0.4, 0.5) is 0 Å². The number of likely N-dealkylation sites (tertiary alicyclic amines) is 1. The van der Waals surface area contributed by atoms with Gasteiger partial charge in [-0.05, 0) is 24.7 Å². The largest absolute Gasteiger partial charge is 0.351 e. The number of hydrogen-bond acceptors (Lipinski definition) is 4. The van der Waals surface area contributed by atoms with E-state index in [0.29, 0.717) is 18.2 Å². The van der Waals surface area contributed by atoms with E-state index in [-0.39, 0.29) is 30.3 Å². The maximum atomic E-state index is 12.4. The fraction of sp³-hybridized carbons (Fsp3) is 0.714. The Bertz CT molecular complexity index is 447. The summed E-state index contributed by atoms with van der Waals surface area (Å²) in [5.74, 6) is 1.13. The molecule has 0 aliphatic carbocycles. The zero-order chi connectivity index (χ0) is 14.0. The zero-order valence-corrected chi connectivity index (χ0v) is 13.2. The van der Waals surface area contributed by atoms with Crippen molar-refractivity contribution in [3.05, 3.63) is 17.5 Å². The minimum Gasteiger partial charge on any atom is -0.351 e. The number of nitrogens with two attached hydrogens (primary N) is 1. The minimum absolute atomic E-state index is 0. The van der Waals surface area contributed by atoms with Crippen LogP contribution in [0, 0.1) is 5.92 Å². The number of halogens is 1. The van der Waals surface area contributed by atoms with Crippen molar-refractivity contribution in [2.75, 3.05) is 13.1 Å². The summed E-state index contributed by atoms with van der Waals surface area (Å²) in [7, 11) is 0. The molecule has 1 aromatic rings. The summed E-state index contributed by atoms with van der Waals surface area (Å²) < 4.78 is 5.18. The maximum Gasteiger partial charge on any atom is 0.292 e. The quantitative estimate of drug-likeness (QED) is 0.930. The van der Waals surface area contributed by atoms with E-state index < -0.39 is 0 Å². The lowest BCUT2D eigenvalue weighted by Crippen LogP contribution is -2.49. The Morgan fingerprint density at radius 1 is 1.60 bits per heavy atom. The summed E-state index contributed by atoms with van der Waals surface area (Å²) in [5, 5.41) is 3.94. The van der Waals surface area contributed by atoms with Crippen molar-refractivity contribution in [3.8, 4) is 0 Å². The average molecular weight is 302 g/mol. The van der Waals surface area contributed by atoms with Gasteiger partial charge in [0.15, 0.2) is 0 Å². The molecule has 2 unspecified atom stereocenters. The Labute approximate surface area is 126 Å². The number of carbonyl (C=O) groups excluding carboxylic acids is 1. The second-order valence-corrected chi connectivity index (χ2v) is 5.79. The molecule has 0 radical (unpaired) electrons. The molecule has 0 aromatic carbocycles. The Hall–Kier alpha value is -1.07. The van der Waals surface area contributed by atoms with Crippen LogP contribution in [0.2, 0.25) is 0 Å². The number of carbonyl (C=O) groups is 1. The van der Waals surface area contributed by atoms with E-state index in [9.17, 15) is 4.79 Å². The predicted octanol–water partition coefficient (Wildman–Crippen LogP) is 2.42. The van der Waals surface area contributed by atoms with Gasteiger partial charge in [0.25, 0.3) is 5.91 Å². The molecule has 0 bridgehead atoms. The van der Waals surface area contributed by atoms with Gasteiger partial charge in [-0.3, -0.25) is 4.79 Å². The first-order chi connectivity index (χ1) is 9.02. The number of rotatable bonds is 3. The van der Waals surface area contributed by atoms with E-state index in [4.69, 9.17) is 10.3 Å². The smallest absolute Gasteiger partial charge is 0.292 e. The Balaban J connectivity index is 0.00000200. The van der Waals surface area contributed by atoms with Gasteiger partial charge in [-0.1, -0.05) is 25.9 Å². The van der Waals surface area contributed by atoms with Crippen LogP contribution in [-0.2, 0) is 0 Å². The molecule has 20 heavy (non-hydrogen) atoms. The second kappa shape index (κ2) is 7.09. The molecule has 1 aliphatic heterocycles. The summed E-state index contributed by atoms with van der Waals surface area (Å²) in [6, 6.07) is 1.86. The van der Waals surface area contributed by atoms with Crippen LogP contribution >= 0.6 is 12.4 Å². The molecular weight excluding hydrogens is 278 g/mol. The molecule has 114 valence electrons. The van der Waals surface area contributed by atoms with Crippen LogP contribution in [0.3, 0.4) is 0 Å². The molecular formula is C14H24ClN3O2. The van der Waals surface area contributed by atoms with E-state index in [1.54, 1.807) is 6.07 Å². The molecule has 0 spiro atoms. The normalized spacial score (nSPS) is 22.8. The number of amides is 1. The molecule has 6 heteroatoms. The lowest BCUT2D eigenvalue weighted by Gasteiger charge is -2.37. The third-order valence-corrected chi connectivity index (χ3v) is 3.84. The van der Waals surface area contributed by atoms with E-state index in [1.807, 2.05) is 18.7 Å². The van der Waals surface area contributed by atoms with Crippen LogP contribution in [0.1, 0.15) is 55.8 Å². The zero-order valence-electron chi connectivity index (χ0n) is 12.3. The van der Waals surface area contributed by atoms with Gasteiger partial charge in [0, 0.05) is 25.2 Å². The number of nitrogens with zero attached hydrogens (tertiary/aromatic N) is 2. The van der Waals surface area contributed by atoms with E-state index in [2.05, 4.69) is 12.1 Å². The van der Waals surface area contributed by atoms with Gasteiger partial charge in [-0.2, -0.15) is 0 Å². The fourth-order valence-corrected chi connectivity index (χ4v) is 2.55. The molecule has 2 atom stereocenters. The topological polar surface area (TPSA) is 72.4 Å². The highest BCUT2D eigenvalue weighted by molar-refractivity contribution is 5.91. The van der Waals surface area contributed by atoms with E-state index >= 15 is 0 Å². The molecule has 1 amide bonds. The van der Waals surface area contributed by atoms with Gasteiger partial charge in [0.2, 0.25) is 5.76 Å². The van der Waals surface area contributed by atoms with Crippen molar-refractivity contribution in [2.45, 2.75) is 45.6 Å². The third kappa shape index (κ3) is 3.52. The van der Waals surface area contributed by atoms with Gasteiger partial charge in [-0.15, -0.1) is 12.4 Å².